The minimum absolute atomic E-state index is 0.000345. The summed E-state index contributed by atoms with van der Waals surface area (Å²) in [6.07, 6.45) is 10.1. The average molecular weight is 895 g/mol. The highest BCUT2D eigenvalue weighted by atomic mass is 32.1. The van der Waals surface area contributed by atoms with E-state index in [-0.39, 0.29) is 46.2 Å². The molecule has 0 bridgehead atoms. The number of nitrogens with zero attached hydrogens (tertiary/aromatic N) is 1. The molecule has 1 unspecified atom stereocenters. The second-order valence-corrected chi connectivity index (χ2v) is 15.7. The number of hydrogen-bond donors (Lipinski definition) is 7. The normalized spacial score (nSPS) is 15.7. The summed E-state index contributed by atoms with van der Waals surface area (Å²) in [4.78, 5) is 60.1. The van der Waals surface area contributed by atoms with Crippen LogP contribution in [0.15, 0.2) is 87.2 Å². The van der Waals surface area contributed by atoms with Gasteiger partial charge in [-0.15, -0.1) is 0 Å². The predicted molar refractivity (Wildman–Crippen MR) is 245 cm³/mol. The van der Waals surface area contributed by atoms with E-state index in [1.54, 1.807) is 37.3 Å². The number of hydroxylamine groups is 1. The summed E-state index contributed by atoms with van der Waals surface area (Å²) >= 11 is 5.47. The number of allylic oxidation sites excluding steroid dienone is 1. The number of benzene rings is 4. The molecule has 3 aromatic carbocycles. The molecule has 0 fully saturated rings. The fraction of sp³-hybridized carbons (Fsp3) is 0.319. The Morgan fingerprint density at radius 2 is 1.66 bits per heavy atom. The number of phenolic OH excluding ortho intramolecular Hbond substituents is 3. The number of aromatic carboxylic acids is 1. The van der Waals surface area contributed by atoms with Crippen LogP contribution in [-0.2, 0) is 19.2 Å². The first kappa shape index (κ1) is 46.5. The number of carboxylic acid groups (broad SMARTS) is 1. The van der Waals surface area contributed by atoms with Gasteiger partial charge in [-0.3, -0.25) is 4.79 Å². The molecule has 6 rings (SSSR count). The Bertz CT molecular complexity index is 2590. The first-order chi connectivity index (χ1) is 30.9. The number of carboxylic acids is 1. The lowest BCUT2D eigenvalue weighted by Crippen LogP contribution is -2.29. The molecular weight excluding hydrogens is 845 g/mol. The highest BCUT2D eigenvalue weighted by Gasteiger charge is 2.23. The molecule has 7 N–H and O–H groups in total. The summed E-state index contributed by atoms with van der Waals surface area (Å²) in [5.41, 5.74) is 5.78. The fourth-order valence-corrected chi connectivity index (χ4v) is 7.51. The molecule has 1 aliphatic carbocycles. The number of oxime groups is 1. The number of unbranched alkanes of at least 4 members (excludes halogenated alkanes) is 3. The van der Waals surface area contributed by atoms with Crippen molar-refractivity contribution >= 4 is 63.7 Å². The number of fused-ring (bicyclic) bond motifs is 3. The molecule has 64 heavy (non-hydrogen) atoms. The van der Waals surface area contributed by atoms with Crippen LogP contribution in [0, 0.1) is 0 Å². The van der Waals surface area contributed by atoms with Gasteiger partial charge in [-0.05, 0) is 124 Å². The summed E-state index contributed by atoms with van der Waals surface area (Å²) in [6.45, 7) is 2.41. The van der Waals surface area contributed by atoms with Crippen molar-refractivity contribution < 1.29 is 53.6 Å². The SMILES string of the molecule is CC1CCC/C(=N/OCC(=O)ONCCCCCCNC(=S)Nc2ccc(-c3c4ccc(=O)cc-4oc4cc(O)ccc34)c(C(=O)O)c2)CCC/C=C/c2cc(O)cc(O)c2C(=O)O1. The maximum absolute atomic E-state index is 12.8. The zero-order valence-corrected chi connectivity index (χ0v) is 36.0. The number of ether oxygens (including phenoxy) is 1. The van der Waals surface area contributed by atoms with Crippen molar-refractivity contribution in [2.75, 3.05) is 25.0 Å². The van der Waals surface area contributed by atoms with Gasteiger partial charge in [0.15, 0.2) is 10.5 Å². The molecule has 0 saturated heterocycles. The maximum atomic E-state index is 12.8. The zero-order chi connectivity index (χ0) is 45.6. The number of phenols is 3. The molecule has 0 amide bonds. The van der Waals surface area contributed by atoms with E-state index in [1.807, 2.05) is 6.08 Å². The number of aromatic hydroxyl groups is 3. The van der Waals surface area contributed by atoms with Crippen molar-refractivity contribution in [2.45, 2.75) is 77.2 Å². The molecule has 0 aromatic heterocycles. The average Bonchev–Trinajstić information content (AvgIpc) is 3.24. The van der Waals surface area contributed by atoms with Gasteiger partial charge in [0.05, 0.1) is 17.4 Å². The fourth-order valence-electron chi connectivity index (χ4n) is 7.29. The van der Waals surface area contributed by atoms with E-state index in [2.05, 4.69) is 21.3 Å². The largest absolute Gasteiger partial charge is 0.508 e. The molecule has 0 spiro atoms. The van der Waals surface area contributed by atoms with Crippen molar-refractivity contribution in [1.82, 2.24) is 10.8 Å². The Hall–Kier alpha value is -6.98. The van der Waals surface area contributed by atoms with Crippen molar-refractivity contribution in [1.29, 1.82) is 0 Å². The number of esters is 1. The van der Waals surface area contributed by atoms with Gasteiger partial charge < -0.3 is 49.9 Å². The molecule has 3 aliphatic rings. The quantitative estimate of drug-likeness (QED) is 0.0183. The lowest BCUT2D eigenvalue weighted by atomic mass is 9.90. The first-order valence-electron chi connectivity index (χ1n) is 21.0. The highest BCUT2D eigenvalue weighted by Crippen LogP contribution is 2.42. The molecule has 17 heteroatoms. The highest BCUT2D eigenvalue weighted by molar-refractivity contribution is 7.80. The Labute approximate surface area is 373 Å². The van der Waals surface area contributed by atoms with Crippen LogP contribution in [0.5, 0.6) is 17.2 Å². The van der Waals surface area contributed by atoms with E-state index in [1.165, 1.54) is 36.4 Å². The third-order valence-corrected chi connectivity index (χ3v) is 10.6. The van der Waals surface area contributed by atoms with Gasteiger partial charge in [0.1, 0.15) is 34.2 Å². The van der Waals surface area contributed by atoms with Crippen LogP contribution in [-0.4, -0.2) is 75.0 Å². The number of carbonyl (C=O) groups is 3. The summed E-state index contributed by atoms with van der Waals surface area (Å²) < 4.78 is 11.5. The third kappa shape index (κ3) is 12.8. The number of anilines is 1. The van der Waals surface area contributed by atoms with E-state index >= 15 is 0 Å². The van der Waals surface area contributed by atoms with Crippen molar-refractivity contribution in [2.24, 2.45) is 5.16 Å². The van der Waals surface area contributed by atoms with Crippen molar-refractivity contribution in [3.05, 3.63) is 99.7 Å². The van der Waals surface area contributed by atoms with Crippen LogP contribution in [0.1, 0.15) is 97.4 Å². The van der Waals surface area contributed by atoms with E-state index < -0.39 is 24.0 Å². The second-order valence-electron chi connectivity index (χ2n) is 15.3. The van der Waals surface area contributed by atoms with Crippen molar-refractivity contribution in [3.63, 3.8) is 0 Å². The van der Waals surface area contributed by atoms with E-state index in [0.717, 1.165) is 43.9 Å². The number of cyclic esters (lactones) is 1. The van der Waals surface area contributed by atoms with E-state index in [4.69, 9.17) is 31.0 Å². The monoisotopic (exact) mass is 894 g/mol. The zero-order valence-electron chi connectivity index (χ0n) is 35.2. The molecule has 0 radical (unpaired) electrons. The summed E-state index contributed by atoms with van der Waals surface area (Å²) in [6, 6.07) is 16.2. The van der Waals surface area contributed by atoms with Gasteiger partial charge in [-0.25, -0.2) is 14.4 Å². The molecule has 1 atom stereocenters. The van der Waals surface area contributed by atoms with Crippen LogP contribution in [0.3, 0.4) is 0 Å². The standard InChI is InChI=1S/C47H50N4O12S/c1-28-10-9-13-30(12-6-4-5-11-29-22-34(54)24-39(55)43(29)46(59)61-28)51-60-27-42(56)63-49-21-8-3-2-7-20-48-47(64)50-31-14-17-35(38(23-31)45(57)58)44-36-18-15-32(52)25-40(36)62-41-26-33(53)16-19-37(41)44/h5,11,14-19,22-26,28,49,52,54-55H,2-4,6-10,12-13,20-21,27H2,1H3,(H,57,58)(H2,48,50,64)/b11-5+,51-30+. The van der Waals surface area contributed by atoms with Crippen LogP contribution in [0.25, 0.3) is 39.5 Å². The number of nitrogens with one attached hydrogen (secondary N) is 3. The molecular formula is C47H50N4O12S. The molecule has 16 nitrogen and oxygen atoms in total. The Morgan fingerprint density at radius 3 is 2.47 bits per heavy atom. The number of hydrogen-bond acceptors (Lipinski definition) is 14. The van der Waals surface area contributed by atoms with Crippen LogP contribution < -0.4 is 21.5 Å². The van der Waals surface area contributed by atoms with Crippen molar-refractivity contribution in [3.8, 4) is 39.7 Å². The first-order valence-corrected chi connectivity index (χ1v) is 21.4. The van der Waals surface area contributed by atoms with Gasteiger partial charge in [0.25, 0.3) is 0 Å². The summed E-state index contributed by atoms with van der Waals surface area (Å²) in [5.74, 6) is -2.74. The minimum atomic E-state index is -1.17. The smallest absolute Gasteiger partial charge is 0.365 e. The third-order valence-electron chi connectivity index (χ3n) is 10.4. The molecule has 0 saturated carbocycles. The summed E-state index contributed by atoms with van der Waals surface area (Å²) in [7, 11) is 0. The number of thiocarbonyl (C=S) groups is 1. The molecule has 336 valence electrons. The lowest BCUT2D eigenvalue weighted by Gasteiger charge is -2.18. The topological polar surface area (TPSA) is 238 Å². The molecule has 3 aromatic rings. The van der Waals surface area contributed by atoms with Gasteiger partial charge in [-0.2, -0.15) is 5.48 Å². The molecule has 2 heterocycles. The summed E-state index contributed by atoms with van der Waals surface area (Å²) in [5, 5.41) is 51.8. The van der Waals surface area contributed by atoms with Gasteiger partial charge in [-0.1, -0.05) is 36.2 Å². The minimum Gasteiger partial charge on any atom is -0.508 e. The van der Waals surface area contributed by atoms with E-state index in [0.29, 0.717) is 89.2 Å². The number of carbonyl (C=O) groups excluding carboxylic acids is 2. The van der Waals surface area contributed by atoms with Crippen LogP contribution in [0.2, 0.25) is 0 Å². The van der Waals surface area contributed by atoms with Gasteiger partial charge in [0.2, 0.25) is 6.61 Å². The van der Waals surface area contributed by atoms with E-state index in [9.17, 15) is 39.6 Å². The van der Waals surface area contributed by atoms with Crippen LogP contribution >= 0.6 is 12.2 Å². The number of rotatable bonds is 14. The Kier molecular flexibility index (Phi) is 16.3. The second kappa shape index (κ2) is 22.4. The lowest BCUT2D eigenvalue weighted by molar-refractivity contribution is -0.156. The van der Waals surface area contributed by atoms with Gasteiger partial charge >= 0.3 is 17.9 Å². The van der Waals surface area contributed by atoms with Crippen LogP contribution in [0.4, 0.5) is 5.69 Å². The maximum Gasteiger partial charge on any atom is 0.365 e. The predicted octanol–water partition coefficient (Wildman–Crippen LogP) is 8.26. The Morgan fingerprint density at radius 1 is 0.875 bits per heavy atom. The molecule has 2 aliphatic heterocycles. The Balaban J connectivity index is 0.885. The van der Waals surface area contributed by atoms with Gasteiger partial charge in [0, 0.05) is 53.5 Å².